The number of carbonyl (C=O) groups is 1. The molecule has 0 bridgehead atoms. The molecular weight excluding hydrogens is 350 g/mol. The molecule has 134 valence electrons. The zero-order valence-corrected chi connectivity index (χ0v) is 14.6. The van der Waals surface area contributed by atoms with Gasteiger partial charge in [-0.2, -0.15) is 4.31 Å². The second kappa shape index (κ2) is 7.71. The second-order valence-electron chi connectivity index (χ2n) is 5.20. The summed E-state index contributed by atoms with van der Waals surface area (Å²) < 4.78 is 52.1. The Morgan fingerprint density at radius 1 is 1.00 bits per heavy atom. The van der Waals surface area contributed by atoms with Crippen LogP contribution in [-0.2, 0) is 10.0 Å². The molecule has 1 amide bonds. The van der Waals surface area contributed by atoms with Gasteiger partial charge in [-0.3, -0.25) is 4.79 Å². The highest BCUT2D eigenvalue weighted by molar-refractivity contribution is 7.89. The van der Waals surface area contributed by atoms with E-state index in [9.17, 15) is 22.0 Å². The molecule has 0 aliphatic carbocycles. The number of halogens is 2. The quantitative estimate of drug-likeness (QED) is 0.851. The van der Waals surface area contributed by atoms with Crippen LogP contribution in [-0.4, -0.2) is 31.7 Å². The number of amides is 1. The summed E-state index contributed by atoms with van der Waals surface area (Å²) in [5, 5.41) is 2.42. The lowest BCUT2D eigenvalue weighted by atomic mass is 10.2. The average molecular weight is 368 g/mol. The van der Waals surface area contributed by atoms with Crippen molar-refractivity contribution in [3.8, 4) is 0 Å². The Morgan fingerprint density at radius 2 is 1.60 bits per heavy atom. The standard InChI is InChI=1S/C17H18F2N2O3S/c1-3-21(4-2)25(23,24)14-8-5-12(6-9-14)17(22)20-13-7-10-15(18)16(19)11-13/h5-11H,3-4H2,1-2H3,(H,20,22). The number of nitrogens with one attached hydrogen (secondary N) is 1. The van der Waals surface area contributed by atoms with E-state index < -0.39 is 27.6 Å². The number of anilines is 1. The van der Waals surface area contributed by atoms with Crippen LogP contribution in [0.2, 0.25) is 0 Å². The molecule has 8 heteroatoms. The number of nitrogens with zero attached hydrogens (tertiary/aromatic N) is 1. The maximum Gasteiger partial charge on any atom is 0.255 e. The molecule has 1 N–H and O–H groups in total. The molecule has 25 heavy (non-hydrogen) atoms. The molecule has 0 spiro atoms. The van der Waals surface area contributed by atoms with E-state index in [1.165, 1.54) is 34.6 Å². The molecule has 0 saturated heterocycles. The fraction of sp³-hybridized carbons (Fsp3) is 0.235. The van der Waals surface area contributed by atoms with Gasteiger partial charge in [0.05, 0.1) is 4.90 Å². The molecule has 0 aliphatic rings. The van der Waals surface area contributed by atoms with Crippen LogP contribution in [0.4, 0.5) is 14.5 Å². The highest BCUT2D eigenvalue weighted by atomic mass is 32.2. The van der Waals surface area contributed by atoms with Crippen molar-refractivity contribution in [3.05, 3.63) is 59.7 Å². The number of benzene rings is 2. The van der Waals surface area contributed by atoms with E-state index in [2.05, 4.69) is 5.32 Å². The summed E-state index contributed by atoms with van der Waals surface area (Å²) in [6, 6.07) is 8.42. The molecule has 0 radical (unpaired) electrons. The van der Waals surface area contributed by atoms with Crippen LogP contribution < -0.4 is 5.32 Å². The summed E-state index contributed by atoms with van der Waals surface area (Å²) in [5.74, 6) is -2.64. The zero-order valence-electron chi connectivity index (χ0n) is 13.8. The smallest absolute Gasteiger partial charge is 0.255 e. The Bertz CT molecular complexity index is 864. The molecule has 2 aromatic carbocycles. The highest BCUT2D eigenvalue weighted by Crippen LogP contribution is 2.18. The van der Waals surface area contributed by atoms with E-state index in [4.69, 9.17) is 0 Å². The highest BCUT2D eigenvalue weighted by Gasteiger charge is 2.21. The minimum absolute atomic E-state index is 0.0839. The molecule has 2 aromatic rings. The molecule has 0 fully saturated rings. The molecule has 0 heterocycles. The minimum Gasteiger partial charge on any atom is -0.322 e. The van der Waals surface area contributed by atoms with Crippen molar-refractivity contribution in [2.45, 2.75) is 18.7 Å². The molecule has 0 saturated carbocycles. The number of rotatable bonds is 6. The number of sulfonamides is 1. The molecular formula is C17H18F2N2O3S. The van der Waals surface area contributed by atoms with Gasteiger partial charge < -0.3 is 5.32 Å². The lowest BCUT2D eigenvalue weighted by Crippen LogP contribution is -2.30. The Hall–Kier alpha value is -2.32. The third-order valence-electron chi connectivity index (χ3n) is 3.64. The van der Waals surface area contributed by atoms with E-state index in [0.29, 0.717) is 13.1 Å². The molecule has 5 nitrogen and oxygen atoms in total. The third-order valence-corrected chi connectivity index (χ3v) is 5.70. The monoisotopic (exact) mass is 368 g/mol. The Kier molecular flexibility index (Phi) is 5.86. The largest absolute Gasteiger partial charge is 0.322 e. The fourth-order valence-corrected chi connectivity index (χ4v) is 3.73. The molecule has 0 aliphatic heterocycles. The van der Waals surface area contributed by atoms with Gasteiger partial charge >= 0.3 is 0 Å². The topological polar surface area (TPSA) is 66.5 Å². The van der Waals surface area contributed by atoms with Gasteiger partial charge in [0.2, 0.25) is 10.0 Å². The van der Waals surface area contributed by atoms with Gasteiger partial charge in [-0.15, -0.1) is 0 Å². The van der Waals surface area contributed by atoms with E-state index in [-0.39, 0.29) is 16.1 Å². The van der Waals surface area contributed by atoms with Crippen LogP contribution in [0.1, 0.15) is 24.2 Å². The summed E-state index contributed by atoms with van der Waals surface area (Å²) in [5.41, 5.74) is 0.298. The van der Waals surface area contributed by atoms with Crippen LogP contribution in [0.15, 0.2) is 47.4 Å². The predicted octanol–water partition coefficient (Wildman–Crippen LogP) is 3.25. The first-order valence-electron chi connectivity index (χ1n) is 7.66. The fourth-order valence-electron chi connectivity index (χ4n) is 2.27. The zero-order chi connectivity index (χ0) is 18.6. The van der Waals surface area contributed by atoms with E-state index in [1.54, 1.807) is 13.8 Å². The Labute approximate surface area is 145 Å². The van der Waals surface area contributed by atoms with Crippen LogP contribution in [0.3, 0.4) is 0 Å². The van der Waals surface area contributed by atoms with Crippen molar-refractivity contribution in [1.82, 2.24) is 4.31 Å². The van der Waals surface area contributed by atoms with Gasteiger partial charge in [-0.25, -0.2) is 17.2 Å². The van der Waals surface area contributed by atoms with E-state index in [1.807, 2.05) is 0 Å². The maximum absolute atomic E-state index is 13.2. The van der Waals surface area contributed by atoms with Gasteiger partial charge in [-0.1, -0.05) is 13.8 Å². The first-order valence-corrected chi connectivity index (χ1v) is 9.10. The first-order chi connectivity index (χ1) is 11.8. The van der Waals surface area contributed by atoms with Gasteiger partial charge in [0.25, 0.3) is 5.91 Å². The first kappa shape index (κ1) is 19.0. The van der Waals surface area contributed by atoms with E-state index in [0.717, 1.165) is 12.1 Å². The Morgan fingerprint density at radius 3 is 2.12 bits per heavy atom. The van der Waals surface area contributed by atoms with E-state index >= 15 is 0 Å². The van der Waals surface area contributed by atoms with Crippen molar-refractivity contribution in [2.24, 2.45) is 0 Å². The average Bonchev–Trinajstić information content (AvgIpc) is 2.59. The van der Waals surface area contributed by atoms with Crippen LogP contribution in [0.5, 0.6) is 0 Å². The lowest BCUT2D eigenvalue weighted by molar-refractivity contribution is 0.102. The maximum atomic E-state index is 13.2. The SMILES string of the molecule is CCN(CC)S(=O)(=O)c1ccc(C(=O)Nc2ccc(F)c(F)c2)cc1. The van der Waals surface area contributed by atoms with Gasteiger partial charge in [0.15, 0.2) is 11.6 Å². The number of hydrogen-bond donors (Lipinski definition) is 1. The van der Waals surface area contributed by atoms with Crippen molar-refractivity contribution in [2.75, 3.05) is 18.4 Å². The van der Waals surface area contributed by atoms with Crippen molar-refractivity contribution in [3.63, 3.8) is 0 Å². The summed E-state index contributed by atoms with van der Waals surface area (Å²) in [4.78, 5) is 12.2. The molecule has 0 atom stereocenters. The minimum atomic E-state index is -3.60. The third kappa shape index (κ3) is 4.21. The van der Waals surface area contributed by atoms with Gasteiger partial charge in [0.1, 0.15) is 0 Å². The number of carbonyl (C=O) groups excluding carboxylic acids is 1. The van der Waals surface area contributed by atoms with Crippen LogP contribution in [0.25, 0.3) is 0 Å². The van der Waals surface area contributed by atoms with Crippen LogP contribution in [0, 0.1) is 11.6 Å². The molecule has 0 aromatic heterocycles. The van der Waals surface area contributed by atoms with Crippen molar-refractivity contribution >= 4 is 21.6 Å². The van der Waals surface area contributed by atoms with Crippen molar-refractivity contribution < 1.29 is 22.0 Å². The lowest BCUT2D eigenvalue weighted by Gasteiger charge is -2.18. The number of hydrogen-bond acceptors (Lipinski definition) is 3. The van der Waals surface area contributed by atoms with Gasteiger partial charge in [-0.05, 0) is 36.4 Å². The van der Waals surface area contributed by atoms with Crippen LogP contribution >= 0.6 is 0 Å². The normalized spacial score (nSPS) is 11.6. The summed E-state index contributed by atoms with van der Waals surface area (Å²) in [6.07, 6.45) is 0. The van der Waals surface area contributed by atoms with Gasteiger partial charge in [0, 0.05) is 30.4 Å². The Balaban J connectivity index is 2.19. The molecule has 2 rings (SSSR count). The van der Waals surface area contributed by atoms with Crippen molar-refractivity contribution in [1.29, 1.82) is 0 Å². The summed E-state index contributed by atoms with van der Waals surface area (Å²) in [7, 11) is -3.60. The predicted molar refractivity (Wildman–Crippen MR) is 90.9 cm³/mol. The summed E-state index contributed by atoms with van der Waals surface area (Å²) in [6.45, 7) is 4.17. The summed E-state index contributed by atoms with van der Waals surface area (Å²) >= 11 is 0. The second-order valence-corrected chi connectivity index (χ2v) is 7.13. The molecule has 0 unspecified atom stereocenters.